The van der Waals surface area contributed by atoms with Crippen LogP contribution < -0.4 is 0 Å². The monoisotopic (exact) mass is 662 g/mol. The van der Waals surface area contributed by atoms with E-state index in [1.807, 2.05) is 0 Å². The second kappa shape index (κ2) is 12.2. The molecule has 10 rings (SSSR count). The van der Waals surface area contributed by atoms with Crippen molar-refractivity contribution < 1.29 is 0 Å². The van der Waals surface area contributed by atoms with Crippen LogP contribution in [0.5, 0.6) is 0 Å². The Morgan fingerprint density at radius 3 is 1.67 bits per heavy atom. The van der Waals surface area contributed by atoms with Crippen LogP contribution in [0.1, 0.15) is 5.56 Å². The second-order valence-electron chi connectivity index (χ2n) is 13.7. The minimum Gasteiger partial charge on any atom is -0.292 e. The van der Waals surface area contributed by atoms with Crippen LogP contribution in [-0.2, 0) is 0 Å². The van der Waals surface area contributed by atoms with E-state index in [0.29, 0.717) is 0 Å². The van der Waals surface area contributed by atoms with E-state index in [-0.39, 0.29) is 0 Å². The van der Waals surface area contributed by atoms with E-state index in [1.165, 1.54) is 71.3 Å². The van der Waals surface area contributed by atoms with E-state index in [0.717, 1.165) is 28.1 Å². The van der Waals surface area contributed by atoms with Gasteiger partial charge < -0.3 is 0 Å². The number of aryl methyl sites for hydroxylation is 1. The van der Waals surface area contributed by atoms with Gasteiger partial charge in [-0.2, -0.15) is 0 Å². The summed E-state index contributed by atoms with van der Waals surface area (Å²) in [7, 11) is 0. The van der Waals surface area contributed by atoms with Crippen molar-refractivity contribution in [3.63, 3.8) is 0 Å². The Morgan fingerprint density at radius 2 is 0.942 bits per heavy atom. The first-order chi connectivity index (χ1) is 25.7. The molecule has 52 heavy (non-hydrogen) atoms. The Morgan fingerprint density at radius 1 is 0.385 bits per heavy atom. The van der Waals surface area contributed by atoms with Crippen LogP contribution in [0, 0.1) is 6.92 Å². The highest BCUT2D eigenvalue weighted by Crippen LogP contribution is 2.45. The molecule has 1 aromatic heterocycles. The van der Waals surface area contributed by atoms with E-state index < -0.39 is 0 Å². The number of aromatic nitrogens is 2. The van der Waals surface area contributed by atoms with Gasteiger partial charge in [0.15, 0.2) is 0 Å². The van der Waals surface area contributed by atoms with Crippen molar-refractivity contribution in [1.82, 2.24) is 9.55 Å². The Kier molecular flexibility index (Phi) is 7.07. The number of imidazole rings is 1. The number of hydrogen-bond donors (Lipinski definition) is 0. The van der Waals surface area contributed by atoms with Gasteiger partial charge in [0.2, 0.25) is 0 Å². The van der Waals surface area contributed by atoms with Gasteiger partial charge in [-0.15, -0.1) is 0 Å². The summed E-state index contributed by atoms with van der Waals surface area (Å²) in [5.41, 5.74) is 12.9. The maximum Gasteiger partial charge on any atom is 0.145 e. The lowest BCUT2D eigenvalue weighted by molar-refractivity contribution is 1.11. The third kappa shape index (κ3) is 5.00. The number of hydrogen-bond acceptors (Lipinski definition) is 1. The molecule has 0 spiro atoms. The van der Waals surface area contributed by atoms with Crippen molar-refractivity contribution in [2.75, 3.05) is 0 Å². The van der Waals surface area contributed by atoms with Crippen molar-refractivity contribution in [1.29, 1.82) is 0 Å². The first-order valence-electron chi connectivity index (χ1n) is 17.9. The highest BCUT2D eigenvalue weighted by Gasteiger charge is 2.18. The maximum atomic E-state index is 5.17. The van der Waals surface area contributed by atoms with E-state index in [1.54, 1.807) is 0 Å². The molecule has 0 saturated carbocycles. The lowest BCUT2D eigenvalue weighted by atomic mass is 9.85. The standard InChI is InChI=1S/C50H34N2/c1-33-20-21-39-31-41(28-26-38(39)30-33)52-47-19-11-10-18-46(47)51-50(52)37-24-22-34(23-25-37)40-27-29-44-45(32-40)49(36-14-6-3-7-15-36)43-17-9-8-16-42(43)48(44)35-12-4-2-5-13-35/h2-32H,1H3. The normalized spacial score (nSPS) is 11.6. The number of nitrogens with zero attached hydrogens (tertiary/aromatic N) is 2. The van der Waals surface area contributed by atoms with E-state index in [4.69, 9.17) is 4.98 Å². The molecule has 0 atom stereocenters. The van der Waals surface area contributed by atoms with Crippen molar-refractivity contribution in [3.05, 3.63) is 194 Å². The van der Waals surface area contributed by atoms with Crippen LogP contribution in [0.3, 0.4) is 0 Å². The molecule has 0 N–H and O–H groups in total. The number of para-hydroxylation sites is 2. The Balaban J connectivity index is 1.14. The number of benzene rings is 9. The molecule has 1 heterocycles. The smallest absolute Gasteiger partial charge is 0.145 e. The molecule has 10 aromatic rings. The van der Waals surface area contributed by atoms with Crippen LogP contribution in [0.2, 0.25) is 0 Å². The predicted molar refractivity (Wildman–Crippen MR) is 220 cm³/mol. The molecule has 0 saturated heterocycles. The van der Waals surface area contributed by atoms with Gasteiger partial charge >= 0.3 is 0 Å². The lowest BCUT2D eigenvalue weighted by Gasteiger charge is -2.18. The summed E-state index contributed by atoms with van der Waals surface area (Å²) in [6, 6.07) is 68.1. The third-order valence-corrected chi connectivity index (χ3v) is 10.4. The highest BCUT2D eigenvalue weighted by molar-refractivity contribution is 6.22. The Bertz CT molecular complexity index is 2940. The van der Waals surface area contributed by atoms with Crippen LogP contribution in [0.15, 0.2) is 188 Å². The van der Waals surface area contributed by atoms with Gasteiger partial charge in [0, 0.05) is 11.3 Å². The van der Waals surface area contributed by atoms with E-state index >= 15 is 0 Å². The molecular weight excluding hydrogens is 629 g/mol. The minimum atomic E-state index is 0.933. The van der Waals surface area contributed by atoms with Crippen LogP contribution >= 0.6 is 0 Å². The Hall–Kier alpha value is -6.77. The third-order valence-electron chi connectivity index (χ3n) is 10.4. The zero-order valence-electron chi connectivity index (χ0n) is 28.8. The molecule has 0 radical (unpaired) electrons. The summed E-state index contributed by atoms with van der Waals surface area (Å²) < 4.78 is 2.29. The largest absolute Gasteiger partial charge is 0.292 e. The van der Waals surface area contributed by atoms with E-state index in [9.17, 15) is 0 Å². The average Bonchev–Trinajstić information content (AvgIpc) is 3.60. The summed E-state index contributed by atoms with van der Waals surface area (Å²) >= 11 is 0. The van der Waals surface area contributed by atoms with Crippen molar-refractivity contribution in [2.24, 2.45) is 0 Å². The van der Waals surface area contributed by atoms with Crippen molar-refractivity contribution >= 4 is 43.4 Å². The SMILES string of the molecule is Cc1ccc2cc(-n3c(-c4ccc(-c5ccc6c(-c7ccccc7)c7ccccc7c(-c7ccccc7)c6c5)cc4)nc4ccccc43)ccc2c1. The fourth-order valence-electron chi connectivity index (χ4n) is 7.97. The van der Waals surface area contributed by atoms with Gasteiger partial charge in [0.05, 0.1) is 11.0 Å². The molecule has 0 fully saturated rings. The maximum absolute atomic E-state index is 5.17. The van der Waals surface area contributed by atoms with Gasteiger partial charge in [-0.25, -0.2) is 4.98 Å². The van der Waals surface area contributed by atoms with Gasteiger partial charge in [-0.1, -0.05) is 163 Å². The molecule has 0 aliphatic rings. The van der Waals surface area contributed by atoms with Crippen LogP contribution in [0.25, 0.3) is 93.8 Å². The summed E-state index contributed by atoms with van der Waals surface area (Å²) in [5.74, 6) is 0.933. The highest BCUT2D eigenvalue weighted by atomic mass is 15.1. The van der Waals surface area contributed by atoms with Crippen LogP contribution in [-0.4, -0.2) is 9.55 Å². The zero-order valence-corrected chi connectivity index (χ0v) is 28.8. The van der Waals surface area contributed by atoms with Gasteiger partial charge in [-0.3, -0.25) is 4.57 Å². The Labute approximate surface area is 302 Å². The first-order valence-corrected chi connectivity index (χ1v) is 17.9. The molecule has 0 bridgehead atoms. The molecular formula is C50H34N2. The first kappa shape index (κ1) is 30.1. The summed E-state index contributed by atoms with van der Waals surface area (Å²) in [4.78, 5) is 5.17. The number of fused-ring (bicyclic) bond motifs is 4. The minimum absolute atomic E-state index is 0.933. The fourth-order valence-corrected chi connectivity index (χ4v) is 7.97. The molecule has 0 aliphatic carbocycles. The molecule has 9 aromatic carbocycles. The summed E-state index contributed by atoms with van der Waals surface area (Å²) in [6.07, 6.45) is 0. The molecule has 0 aliphatic heterocycles. The van der Waals surface area contributed by atoms with Crippen molar-refractivity contribution in [2.45, 2.75) is 6.92 Å². The van der Waals surface area contributed by atoms with Crippen LogP contribution in [0.4, 0.5) is 0 Å². The predicted octanol–water partition coefficient (Wildman–Crippen LogP) is 13.5. The van der Waals surface area contributed by atoms with Gasteiger partial charge in [0.25, 0.3) is 0 Å². The topological polar surface area (TPSA) is 17.8 Å². The zero-order chi connectivity index (χ0) is 34.6. The van der Waals surface area contributed by atoms with Crippen molar-refractivity contribution in [3.8, 4) is 50.5 Å². The molecule has 244 valence electrons. The quantitative estimate of drug-likeness (QED) is 0.168. The van der Waals surface area contributed by atoms with Gasteiger partial charge in [-0.05, 0) is 103 Å². The molecule has 0 unspecified atom stereocenters. The molecule has 2 heteroatoms. The average molecular weight is 663 g/mol. The van der Waals surface area contributed by atoms with Gasteiger partial charge in [0.1, 0.15) is 5.82 Å². The summed E-state index contributed by atoms with van der Waals surface area (Å²) in [6.45, 7) is 2.14. The molecule has 0 amide bonds. The summed E-state index contributed by atoms with van der Waals surface area (Å²) in [5, 5.41) is 7.49. The lowest BCUT2D eigenvalue weighted by Crippen LogP contribution is -1.98. The second-order valence-corrected chi connectivity index (χ2v) is 13.7. The number of rotatable bonds is 5. The van der Waals surface area contributed by atoms with E-state index in [2.05, 4.69) is 200 Å². The molecule has 2 nitrogen and oxygen atoms in total. The fraction of sp³-hybridized carbons (Fsp3) is 0.0200.